The van der Waals surface area contributed by atoms with Crippen molar-refractivity contribution in [3.63, 3.8) is 0 Å². The normalized spacial score (nSPS) is 12.0. The second-order valence-electron chi connectivity index (χ2n) is 4.60. The van der Waals surface area contributed by atoms with Gasteiger partial charge in [0, 0.05) is 18.0 Å². The van der Waals surface area contributed by atoms with Crippen molar-refractivity contribution in [2.45, 2.75) is 19.4 Å². The summed E-state index contributed by atoms with van der Waals surface area (Å²) in [6, 6.07) is 5.62. The first-order valence-corrected chi connectivity index (χ1v) is 7.02. The minimum absolute atomic E-state index is 0.0981. The molecule has 2 aromatic rings. The minimum atomic E-state index is -0.0981. The van der Waals surface area contributed by atoms with E-state index in [1.54, 1.807) is 32.8 Å². The van der Waals surface area contributed by atoms with Crippen LogP contribution < -0.4 is 14.8 Å². The van der Waals surface area contributed by atoms with Crippen LogP contribution in [0.15, 0.2) is 36.8 Å². The van der Waals surface area contributed by atoms with Crippen LogP contribution in [-0.2, 0) is 0 Å². The van der Waals surface area contributed by atoms with Gasteiger partial charge in [0.25, 0.3) is 0 Å². The lowest BCUT2D eigenvalue weighted by Gasteiger charge is -2.22. The monoisotopic (exact) mass is 287 g/mol. The highest BCUT2D eigenvalue weighted by Crippen LogP contribution is 2.32. The van der Waals surface area contributed by atoms with Crippen LogP contribution in [0.4, 0.5) is 0 Å². The number of aromatic nitrogens is 2. The summed E-state index contributed by atoms with van der Waals surface area (Å²) in [4.78, 5) is 8.60. The number of hydrogen-bond acceptors (Lipinski definition) is 5. The van der Waals surface area contributed by atoms with Gasteiger partial charge < -0.3 is 14.8 Å². The molecule has 0 aliphatic carbocycles. The first kappa shape index (κ1) is 15.3. The maximum absolute atomic E-state index is 5.44. The van der Waals surface area contributed by atoms with Crippen LogP contribution in [0, 0.1) is 0 Å². The van der Waals surface area contributed by atoms with Gasteiger partial charge in [-0.15, -0.1) is 0 Å². The van der Waals surface area contributed by atoms with E-state index in [9.17, 15) is 0 Å². The van der Waals surface area contributed by atoms with Gasteiger partial charge in [-0.25, -0.2) is 0 Å². The lowest BCUT2D eigenvalue weighted by atomic mass is 10.0. The highest BCUT2D eigenvalue weighted by Gasteiger charge is 2.22. The molecule has 0 saturated heterocycles. The number of pyridine rings is 2. The third kappa shape index (κ3) is 3.49. The Morgan fingerprint density at radius 1 is 1.14 bits per heavy atom. The molecule has 21 heavy (non-hydrogen) atoms. The summed E-state index contributed by atoms with van der Waals surface area (Å²) in [7, 11) is 3.30. The fourth-order valence-corrected chi connectivity index (χ4v) is 2.23. The van der Waals surface area contributed by atoms with Crippen LogP contribution in [0.5, 0.6) is 11.5 Å². The molecule has 0 saturated carbocycles. The zero-order valence-electron chi connectivity index (χ0n) is 12.7. The first-order chi connectivity index (χ1) is 10.3. The molecule has 1 atom stereocenters. The number of methoxy groups -OCH3 is 2. The summed E-state index contributed by atoms with van der Waals surface area (Å²) in [6.07, 6.45) is 6.27. The molecule has 2 heterocycles. The highest BCUT2D eigenvalue weighted by molar-refractivity contribution is 5.42. The number of ether oxygens (including phenoxy) is 2. The number of nitrogens with one attached hydrogen (secondary N) is 1. The van der Waals surface area contributed by atoms with Crippen molar-refractivity contribution in [1.82, 2.24) is 15.3 Å². The van der Waals surface area contributed by atoms with Gasteiger partial charge in [-0.1, -0.05) is 6.92 Å². The molecular weight excluding hydrogens is 266 g/mol. The van der Waals surface area contributed by atoms with E-state index in [-0.39, 0.29) is 6.04 Å². The fraction of sp³-hybridized carbons (Fsp3) is 0.375. The lowest BCUT2D eigenvalue weighted by Crippen LogP contribution is -2.25. The van der Waals surface area contributed by atoms with E-state index >= 15 is 0 Å². The van der Waals surface area contributed by atoms with E-state index in [2.05, 4.69) is 22.2 Å². The highest BCUT2D eigenvalue weighted by atomic mass is 16.5. The Labute approximate surface area is 125 Å². The molecule has 112 valence electrons. The van der Waals surface area contributed by atoms with Crippen molar-refractivity contribution in [1.29, 1.82) is 0 Å². The summed E-state index contributed by atoms with van der Waals surface area (Å²) in [6.45, 7) is 3.00. The van der Waals surface area contributed by atoms with Gasteiger partial charge in [0.2, 0.25) is 0 Å². The summed E-state index contributed by atoms with van der Waals surface area (Å²) < 4.78 is 10.9. The van der Waals surface area contributed by atoms with Crippen molar-refractivity contribution >= 4 is 0 Å². The third-order valence-corrected chi connectivity index (χ3v) is 3.24. The van der Waals surface area contributed by atoms with E-state index < -0.39 is 0 Å². The van der Waals surface area contributed by atoms with Gasteiger partial charge in [-0.05, 0) is 31.2 Å². The van der Waals surface area contributed by atoms with E-state index in [0.717, 1.165) is 35.7 Å². The average molecular weight is 287 g/mol. The van der Waals surface area contributed by atoms with Crippen molar-refractivity contribution < 1.29 is 9.47 Å². The second kappa shape index (κ2) is 7.59. The summed E-state index contributed by atoms with van der Waals surface area (Å²) in [5.41, 5.74) is 1.84. The Hall–Kier alpha value is -2.14. The van der Waals surface area contributed by atoms with Crippen LogP contribution in [0.1, 0.15) is 30.6 Å². The molecule has 0 aliphatic heterocycles. The maximum Gasteiger partial charge on any atom is 0.142 e. The predicted octanol–water partition coefficient (Wildman–Crippen LogP) is 2.58. The molecule has 0 aromatic carbocycles. The molecular formula is C16H21N3O2. The Bertz CT molecular complexity index is 527. The molecule has 0 aliphatic rings. The molecule has 0 bridgehead atoms. The van der Waals surface area contributed by atoms with Gasteiger partial charge >= 0.3 is 0 Å². The Balaban J connectivity index is 2.47. The zero-order valence-corrected chi connectivity index (χ0v) is 12.7. The lowest BCUT2D eigenvalue weighted by molar-refractivity contribution is 0.389. The molecule has 0 spiro atoms. The molecule has 1 unspecified atom stereocenters. The average Bonchev–Trinajstić information content (AvgIpc) is 2.56. The summed E-state index contributed by atoms with van der Waals surface area (Å²) in [5, 5.41) is 3.50. The summed E-state index contributed by atoms with van der Waals surface area (Å²) >= 11 is 0. The SMILES string of the molecule is CCCNC(c1ccncc1OC)c1ncccc1OC. The van der Waals surface area contributed by atoms with Crippen LogP contribution >= 0.6 is 0 Å². The van der Waals surface area contributed by atoms with Crippen molar-refractivity contribution in [3.8, 4) is 11.5 Å². The number of hydrogen-bond donors (Lipinski definition) is 1. The van der Waals surface area contributed by atoms with Crippen LogP contribution in [0.2, 0.25) is 0 Å². The van der Waals surface area contributed by atoms with Crippen LogP contribution in [-0.4, -0.2) is 30.7 Å². The standard InChI is InChI=1S/C16H21N3O2/c1-4-8-18-15(12-7-10-17-11-14(12)21-3)16-13(20-2)6-5-9-19-16/h5-7,9-11,15,18H,4,8H2,1-3H3. The molecule has 2 rings (SSSR count). The van der Waals surface area contributed by atoms with E-state index in [1.165, 1.54) is 0 Å². The topological polar surface area (TPSA) is 56.3 Å². The van der Waals surface area contributed by atoms with Gasteiger partial charge in [0.1, 0.15) is 17.2 Å². The molecule has 2 aromatic heterocycles. The van der Waals surface area contributed by atoms with Gasteiger partial charge in [-0.2, -0.15) is 0 Å². The Kier molecular flexibility index (Phi) is 5.51. The van der Waals surface area contributed by atoms with Gasteiger partial charge in [0.15, 0.2) is 0 Å². The zero-order chi connectivity index (χ0) is 15.1. The number of nitrogens with zero attached hydrogens (tertiary/aromatic N) is 2. The molecule has 1 N–H and O–H groups in total. The molecule has 0 radical (unpaired) electrons. The van der Waals surface area contributed by atoms with Crippen LogP contribution in [0.25, 0.3) is 0 Å². The Morgan fingerprint density at radius 3 is 2.67 bits per heavy atom. The largest absolute Gasteiger partial charge is 0.495 e. The second-order valence-corrected chi connectivity index (χ2v) is 4.60. The van der Waals surface area contributed by atoms with Crippen molar-refractivity contribution in [2.75, 3.05) is 20.8 Å². The number of rotatable bonds is 7. The Morgan fingerprint density at radius 2 is 1.95 bits per heavy atom. The predicted molar refractivity (Wildman–Crippen MR) is 81.7 cm³/mol. The summed E-state index contributed by atoms with van der Waals surface area (Å²) in [5.74, 6) is 1.49. The maximum atomic E-state index is 5.44. The molecule has 5 nitrogen and oxygen atoms in total. The van der Waals surface area contributed by atoms with Crippen molar-refractivity contribution in [3.05, 3.63) is 48.0 Å². The van der Waals surface area contributed by atoms with Gasteiger partial charge in [-0.3, -0.25) is 9.97 Å². The first-order valence-electron chi connectivity index (χ1n) is 7.02. The van der Waals surface area contributed by atoms with E-state index in [0.29, 0.717) is 0 Å². The molecule has 0 fully saturated rings. The smallest absolute Gasteiger partial charge is 0.142 e. The molecule has 0 amide bonds. The fourth-order valence-electron chi connectivity index (χ4n) is 2.23. The minimum Gasteiger partial charge on any atom is -0.495 e. The van der Waals surface area contributed by atoms with Crippen LogP contribution in [0.3, 0.4) is 0 Å². The van der Waals surface area contributed by atoms with E-state index in [1.807, 2.05) is 18.2 Å². The van der Waals surface area contributed by atoms with E-state index in [4.69, 9.17) is 9.47 Å². The molecule has 5 heteroatoms. The third-order valence-electron chi connectivity index (χ3n) is 3.24. The van der Waals surface area contributed by atoms with Crippen molar-refractivity contribution in [2.24, 2.45) is 0 Å². The quantitative estimate of drug-likeness (QED) is 0.848. The van der Waals surface area contributed by atoms with Gasteiger partial charge in [0.05, 0.1) is 26.5 Å².